The first-order valence-electron chi connectivity index (χ1n) is 7.54. The summed E-state index contributed by atoms with van der Waals surface area (Å²) in [5.41, 5.74) is 0.320. The summed E-state index contributed by atoms with van der Waals surface area (Å²) in [6.45, 7) is 1.03. The third-order valence-corrected chi connectivity index (χ3v) is 4.12. The quantitative estimate of drug-likeness (QED) is 0.518. The number of benzene rings is 1. The molecule has 1 nitrogen and oxygen atoms in total. The maximum absolute atomic E-state index is 14.2. The lowest BCUT2D eigenvalue weighted by molar-refractivity contribution is 0.0794. The van der Waals surface area contributed by atoms with E-state index < -0.39 is 30.4 Å². The fourth-order valence-corrected chi connectivity index (χ4v) is 3.02. The number of hydrogen-bond acceptors (Lipinski definition) is 1. The van der Waals surface area contributed by atoms with Gasteiger partial charge < -0.3 is 4.74 Å². The van der Waals surface area contributed by atoms with Crippen LogP contribution < -0.4 is 4.74 Å². The second kappa shape index (κ2) is 7.65. The molecule has 1 aliphatic rings. The average Bonchev–Trinajstić information content (AvgIpc) is 2.50. The molecule has 1 saturated carbocycles. The van der Waals surface area contributed by atoms with Gasteiger partial charge in [-0.3, -0.25) is 0 Å². The number of rotatable bonds is 5. The predicted octanol–water partition coefficient (Wildman–Crippen LogP) is 5.46. The van der Waals surface area contributed by atoms with Gasteiger partial charge in [0.1, 0.15) is 6.61 Å². The Labute approximate surface area is 128 Å². The predicted molar refractivity (Wildman–Crippen MR) is 77.4 cm³/mol. The van der Waals surface area contributed by atoms with Crippen molar-refractivity contribution in [3.8, 4) is 5.75 Å². The Morgan fingerprint density at radius 1 is 1.14 bits per heavy atom. The summed E-state index contributed by atoms with van der Waals surface area (Å²) in [7, 11) is 0. The molecule has 1 aromatic rings. The minimum Gasteiger partial charge on any atom is -0.484 e. The molecule has 22 heavy (non-hydrogen) atoms. The zero-order valence-corrected chi connectivity index (χ0v) is 12.5. The number of allylic oxidation sites excluding steroid dienone is 2. The topological polar surface area (TPSA) is 9.23 Å². The maximum Gasteiger partial charge on any atom is 0.272 e. The molecule has 1 aromatic carbocycles. The van der Waals surface area contributed by atoms with E-state index >= 15 is 0 Å². The summed E-state index contributed by atoms with van der Waals surface area (Å²) in [4.78, 5) is 0. The normalized spacial score (nSPS) is 22.5. The minimum atomic E-state index is -2.72. The Bertz CT molecular complexity index is 520. The van der Waals surface area contributed by atoms with Gasteiger partial charge in [-0.2, -0.15) is 4.39 Å². The molecule has 0 radical (unpaired) electrons. The SMILES string of the molecule is CC=CC1CCC(c2ccc(OCC(F)F)c(F)c2F)CC1. The first-order valence-corrected chi connectivity index (χ1v) is 7.54. The molecule has 1 fully saturated rings. The third-order valence-electron chi connectivity index (χ3n) is 4.12. The number of halogens is 4. The summed E-state index contributed by atoms with van der Waals surface area (Å²) in [5.74, 6) is -2.12. The van der Waals surface area contributed by atoms with Crippen LogP contribution in [-0.4, -0.2) is 13.0 Å². The number of alkyl halides is 2. The number of ether oxygens (including phenoxy) is 1. The highest BCUT2D eigenvalue weighted by Gasteiger charge is 2.25. The van der Waals surface area contributed by atoms with Gasteiger partial charge in [0.2, 0.25) is 5.82 Å². The maximum atomic E-state index is 14.2. The van der Waals surface area contributed by atoms with Gasteiger partial charge in [-0.1, -0.05) is 18.2 Å². The Balaban J connectivity index is 2.08. The van der Waals surface area contributed by atoms with E-state index in [0.717, 1.165) is 25.7 Å². The van der Waals surface area contributed by atoms with E-state index in [1.165, 1.54) is 12.1 Å². The monoisotopic (exact) mass is 316 g/mol. The van der Waals surface area contributed by atoms with Gasteiger partial charge in [0.15, 0.2) is 11.6 Å². The summed E-state index contributed by atoms with van der Waals surface area (Å²) in [6, 6.07) is 2.70. The van der Waals surface area contributed by atoms with Crippen LogP contribution in [0.15, 0.2) is 24.3 Å². The van der Waals surface area contributed by atoms with Gasteiger partial charge in [0.05, 0.1) is 0 Å². The summed E-state index contributed by atoms with van der Waals surface area (Å²) >= 11 is 0. The van der Waals surface area contributed by atoms with Gasteiger partial charge in [-0.05, 0) is 56.1 Å². The van der Waals surface area contributed by atoms with Crippen LogP contribution in [0.2, 0.25) is 0 Å². The molecule has 1 aliphatic carbocycles. The summed E-state index contributed by atoms with van der Waals surface area (Å²) in [5, 5.41) is 0. The smallest absolute Gasteiger partial charge is 0.272 e. The molecule has 0 heterocycles. The molecular formula is C17H20F4O. The molecule has 2 rings (SSSR count). The Morgan fingerprint density at radius 2 is 1.82 bits per heavy atom. The Kier molecular flexibility index (Phi) is 5.86. The molecule has 0 aromatic heterocycles. The lowest BCUT2D eigenvalue weighted by Gasteiger charge is -2.27. The standard InChI is InChI=1S/C17H20F4O/c1-2-3-11-4-6-12(7-5-11)13-8-9-14(17(21)16(13)20)22-10-15(18)19/h2-3,8-9,11-12,15H,4-7,10H2,1H3. The van der Waals surface area contributed by atoms with Crippen LogP contribution in [0.3, 0.4) is 0 Å². The highest BCUT2D eigenvalue weighted by molar-refractivity contribution is 5.33. The van der Waals surface area contributed by atoms with Gasteiger partial charge in [-0.15, -0.1) is 0 Å². The Morgan fingerprint density at radius 3 is 2.41 bits per heavy atom. The van der Waals surface area contributed by atoms with E-state index in [0.29, 0.717) is 11.5 Å². The van der Waals surface area contributed by atoms with Crippen LogP contribution in [0.4, 0.5) is 17.6 Å². The van der Waals surface area contributed by atoms with Crippen LogP contribution in [0.25, 0.3) is 0 Å². The van der Waals surface area contributed by atoms with E-state index in [1.54, 1.807) is 0 Å². The van der Waals surface area contributed by atoms with Crippen molar-refractivity contribution >= 4 is 0 Å². The van der Waals surface area contributed by atoms with Crippen LogP contribution in [0, 0.1) is 17.6 Å². The van der Waals surface area contributed by atoms with Crippen molar-refractivity contribution in [3.63, 3.8) is 0 Å². The average molecular weight is 316 g/mol. The fourth-order valence-electron chi connectivity index (χ4n) is 3.02. The molecule has 0 amide bonds. The van der Waals surface area contributed by atoms with Crippen molar-refractivity contribution in [2.45, 2.75) is 45.0 Å². The minimum absolute atomic E-state index is 0.0276. The van der Waals surface area contributed by atoms with Crippen molar-refractivity contribution in [2.75, 3.05) is 6.61 Å². The molecule has 0 saturated heterocycles. The first kappa shape index (κ1) is 16.8. The molecule has 0 spiro atoms. The summed E-state index contributed by atoms with van der Waals surface area (Å²) in [6.07, 6.45) is 4.92. The van der Waals surface area contributed by atoms with Gasteiger partial charge in [-0.25, -0.2) is 13.2 Å². The van der Waals surface area contributed by atoms with Crippen molar-refractivity contribution in [2.24, 2.45) is 5.92 Å². The van der Waals surface area contributed by atoms with Crippen molar-refractivity contribution in [3.05, 3.63) is 41.5 Å². The molecular weight excluding hydrogens is 296 g/mol. The lowest BCUT2D eigenvalue weighted by Crippen LogP contribution is -2.14. The van der Waals surface area contributed by atoms with Crippen molar-refractivity contribution < 1.29 is 22.3 Å². The van der Waals surface area contributed by atoms with Crippen molar-refractivity contribution in [1.82, 2.24) is 0 Å². The van der Waals surface area contributed by atoms with E-state index in [1.807, 2.05) is 13.0 Å². The summed E-state index contributed by atoms with van der Waals surface area (Å²) < 4.78 is 56.8. The fraction of sp³-hybridized carbons (Fsp3) is 0.529. The van der Waals surface area contributed by atoms with E-state index in [2.05, 4.69) is 10.8 Å². The molecule has 0 aliphatic heterocycles. The van der Waals surface area contributed by atoms with Crippen LogP contribution in [0.5, 0.6) is 5.75 Å². The van der Waals surface area contributed by atoms with Crippen LogP contribution in [-0.2, 0) is 0 Å². The van der Waals surface area contributed by atoms with E-state index in [4.69, 9.17) is 0 Å². The zero-order valence-electron chi connectivity index (χ0n) is 12.5. The van der Waals surface area contributed by atoms with Crippen LogP contribution >= 0.6 is 0 Å². The second-order valence-electron chi connectivity index (χ2n) is 5.62. The molecule has 0 atom stereocenters. The molecule has 0 bridgehead atoms. The van der Waals surface area contributed by atoms with Gasteiger partial charge in [0.25, 0.3) is 6.43 Å². The van der Waals surface area contributed by atoms with Gasteiger partial charge in [0, 0.05) is 0 Å². The highest BCUT2D eigenvalue weighted by Crippen LogP contribution is 2.39. The van der Waals surface area contributed by atoms with E-state index in [9.17, 15) is 17.6 Å². The Hall–Kier alpha value is -1.52. The largest absolute Gasteiger partial charge is 0.484 e. The molecule has 0 N–H and O–H groups in total. The lowest BCUT2D eigenvalue weighted by atomic mass is 9.78. The third kappa shape index (κ3) is 4.02. The van der Waals surface area contributed by atoms with Gasteiger partial charge >= 0.3 is 0 Å². The number of hydrogen-bond donors (Lipinski definition) is 0. The highest BCUT2D eigenvalue weighted by atomic mass is 19.3. The van der Waals surface area contributed by atoms with E-state index in [-0.39, 0.29) is 5.92 Å². The zero-order chi connectivity index (χ0) is 16.1. The van der Waals surface area contributed by atoms with Crippen molar-refractivity contribution in [1.29, 1.82) is 0 Å². The second-order valence-corrected chi connectivity index (χ2v) is 5.62. The molecule has 5 heteroatoms. The molecule has 122 valence electrons. The van der Waals surface area contributed by atoms with Crippen LogP contribution in [0.1, 0.15) is 44.1 Å². The molecule has 0 unspecified atom stereocenters. The first-order chi connectivity index (χ1) is 10.5.